The van der Waals surface area contributed by atoms with Gasteiger partial charge in [0.25, 0.3) is 5.91 Å². The van der Waals surface area contributed by atoms with Crippen LogP contribution < -0.4 is 0 Å². The summed E-state index contributed by atoms with van der Waals surface area (Å²) in [6.07, 6.45) is 1.17. The van der Waals surface area contributed by atoms with E-state index in [0.717, 1.165) is 10.0 Å². The van der Waals surface area contributed by atoms with Crippen LogP contribution in [0.2, 0.25) is 5.02 Å². The van der Waals surface area contributed by atoms with Crippen molar-refractivity contribution in [3.63, 3.8) is 0 Å². The van der Waals surface area contributed by atoms with Crippen molar-refractivity contribution in [1.29, 1.82) is 0 Å². The summed E-state index contributed by atoms with van der Waals surface area (Å²) in [5.74, 6) is 0.138. The second kappa shape index (κ2) is 8.69. The van der Waals surface area contributed by atoms with Crippen LogP contribution in [0.4, 0.5) is 0 Å². The third-order valence-electron chi connectivity index (χ3n) is 4.56. The van der Waals surface area contributed by atoms with Crippen molar-refractivity contribution in [1.82, 2.24) is 9.80 Å². The molecule has 4 nitrogen and oxygen atoms in total. The molecule has 0 spiro atoms. The Balaban J connectivity index is 1.50. The molecule has 0 bridgehead atoms. The molecule has 6 heteroatoms. The van der Waals surface area contributed by atoms with Crippen LogP contribution >= 0.6 is 27.5 Å². The van der Waals surface area contributed by atoms with Gasteiger partial charge in [-0.25, -0.2) is 0 Å². The molecule has 0 atom stereocenters. The quantitative estimate of drug-likeness (QED) is 0.728. The Morgan fingerprint density at radius 3 is 2.19 bits per heavy atom. The minimum atomic E-state index is 0.00531. The first kappa shape index (κ1) is 18.9. The zero-order chi connectivity index (χ0) is 18.5. The van der Waals surface area contributed by atoms with Gasteiger partial charge in [-0.15, -0.1) is 0 Å². The summed E-state index contributed by atoms with van der Waals surface area (Å²) < 4.78 is 0.798. The molecule has 0 saturated carbocycles. The molecule has 3 rings (SSSR count). The maximum atomic E-state index is 12.6. The van der Waals surface area contributed by atoms with Crippen LogP contribution in [-0.4, -0.2) is 47.8 Å². The highest BCUT2D eigenvalue weighted by molar-refractivity contribution is 9.10. The lowest BCUT2D eigenvalue weighted by Gasteiger charge is -2.35. The third kappa shape index (κ3) is 4.65. The summed E-state index contributed by atoms with van der Waals surface area (Å²) in [4.78, 5) is 28.7. The number of halogens is 2. The standard InChI is InChI=1S/C20H20BrClN2O2/c21-18-4-2-1-3-17(18)20(26)24-13-11-23(12-14-24)19(25)10-7-15-5-8-16(22)9-6-15/h1-6,8-9H,7,10-14H2. The van der Waals surface area contributed by atoms with Gasteiger partial charge in [0.1, 0.15) is 0 Å². The molecule has 26 heavy (non-hydrogen) atoms. The molecule has 1 fully saturated rings. The SMILES string of the molecule is O=C(CCc1ccc(Cl)cc1)N1CCN(C(=O)c2ccccc2Br)CC1. The molecule has 136 valence electrons. The number of carbonyl (C=O) groups is 2. The predicted molar refractivity (Wildman–Crippen MR) is 106 cm³/mol. The number of rotatable bonds is 4. The average Bonchev–Trinajstić information content (AvgIpc) is 2.67. The van der Waals surface area contributed by atoms with Crippen LogP contribution in [-0.2, 0) is 11.2 Å². The van der Waals surface area contributed by atoms with Crippen molar-refractivity contribution in [2.75, 3.05) is 26.2 Å². The van der Waals surface area contributed by atoms with E-state index in [-0.39, 0.29) is 11.8 Å². The van der Waals surface area contributed by atoms with E-state index in [4.69, 9.17) is 11.6 Å². The van der Waals surface area contributed by atoms with Gasteiger partial charge in [-0.1, -0.05) is 35.9 Å². The highest BCUT2D eigenvalue weighted by Crippen LogP contribution is 2.19. The largest absolute Gasteiger partial charge is 0.339 e. The normalized spacial score (nSPS) is 14.4. The zero-order valence-electron chi connectivity index (χ0n) is 14.3. The Morgan fingerprint density at radius 1 is 0.923 bits per heavy atom. The summed E-state index contributed by atoms with van der Waals surface area (Å²) in [6, 6.07) is 15.0. The molecule has 0 aliphatic carbocycles. The van der Waals surface area contributed by atoms with Gasteiger partial charge in [0, 0.05) is 42.1 Å². The van der Waals surface area contributed by atoms with Gasteiger partial charge >= 0.3 is 0 Å². The first-order valence-corrected chi connectivity index (χ1v) is 9.78. The van der Waals surface area contributed by atoms with Gasteiger partial charge in [0.2, 0.25) is 5.91 Å². The lowest BCUT2D eigenvalue weighted by atomic mass is 10.1. The number of amides is 2. The van der Waals surface area contributed by atoms with Gasteiger partial charge in [0.05, 0.1) is 5.56 Å². The molecule has 1 aliphatic rings. The Bertz CT molecular complexity index is 787. The fourth-order valence-corrected chi connectivity index (χ4v) is 3.60. The molecule has 1 saturated heterocycles. The summed E-state index contributed by atoms with van der Waals surface area (Å²) in [6.45, 7) is 2.28. The first-order valence-electron chi connectivity index (χ1n) is 8.60. The molecule has 0 radical (unpaired) electrons. The van der Waals surface area contributed by atoms with E-state index >= 15 is 0 Å². The molecular weight excluding hydrogens is 416 g/mol. The number of hydrogen-bond donors (Lipinski definition) is 0. The molecule has 2 aromatic rings. The van der Waals surface area contributed by atoms with Crippen LogP contribution in [0.5, 0.6) is 0 Å². The molecule has 0 N–H and O–H groups in total. The molecule has 2 aromatic carbocycles. The van der Waals surface area contributed by atoms with Gasteiger partial charge in [-0.3, -0.25) is 9.59 Å². The minimum absolute atomic E-state index is 0.00531. The van der Waals surface area contributed by atoms with Crippen molar-refractivity contribution in [2.45, 2.75) is 12.8 Å². The highest BCUT2D eigenvalue weighted by Gasteiger charge is 2.25. The van der Waals surface area contributed by atoms with E-state index in [2.05, 4.69) is 15.9 Å². The fourth-order valence-electron chi connectivity index (χ4n) is 3.02. The number of aryl methyl sites for hydroxylation is 1. The Hall–Kier alpha value is -1.85. The zero-order valence-corrected chi connectivity index (χ0v) is 16.7. The van der Waals surface area contributed by atoms with E-state index in [9.17, 15) is 9.59 Å². The van der Waals surface area contributed by atoms with E-state index in [1.807, 2.05) is 58.3 Å². The van der Waals surface area contributed by atoms with Crippen molar-refractivity contribution in [2.24, 2.45) is 0 Å². The molecule has 0 unspecified atom stereocenters. The molecule has 1 heterocycles. The number of piperazine rings is 1. The summed E-state index contributed by atoms with van der Waals surface area (Å²) in [7, 11) is 0. The van der Waals surface area contributed by atoms with Crippen molar-refractivity contribution in [3.8, 4) is 0 Å². The van der Waals surface area contributed by atoms with Gasteiger partial charge < -0.3 is 9.80 Å². The van der Waals surface area contributed by atoms with Gasteiger partial charge in [-0.05, 0) is 52.2 Å². The minimum Gasteiger partial charge on any atom is -0.339 e. The molecule has 2 amide bonds. The number of hydrogen-bond acceptors (Lipinski definition) is 2. The van der Waals surface area contributed by atoms with Gasteiger partial charge in [0.15, 0.2) is 0 Å². The number of carbonyl (C=O) groups excluding carboxylic acids is 2. The van der Waals surface area contributed by atoms with Crippen LogP contribution in [0.3, 0.4) is 0 Å². The average molecular weight is 436 g/mol. The van der Waals surface area contributed by atoms with Crippen LogP contribution in [0, 0.1) is 0 Å². The van der Waals surface area contributed by atoms with Crippen LogP contribution in [0.1, 0.15) is 22.3 Å². The summed E-state index contributed by atoms with van der Waals surface area (Å²) in [5, 5.41) is 0.700. The Kier molecular flexibility index (Phi) is 6.33. The second-order valence-corrected chi connectivity index (χ2v) is 7.57. The topological polar surface area (TPSA) is 40.6 Å². The van der Waals surface area contributed by atoms with E-state index in [1.165, 1.54) is 0 Å². The van der Waals surface area contributed by atoms with Gasteiger partial charge in [-0.2, -0.15) is 0 Å². The Morgan fingerprint density at radius 2 is 1.54 bits per heavy atom. The number of benzene rings is 2. The third-order valence-corrected chi connectivity index (χ3v) is 5.51. The first-order chi connectivity index (χ1) is 12.5. The lowest BCUT2D eigenvalue weighted by Crippen LogP contribution is -2.50. The van der Waals surface area contributed by atoms with Crippen molar-refractivity contribution < 1.29 is 9.59 Å². The van der Waals surface area contributed by atoms with Crippen LogP contribution in [0.25, 0.3) is 0 Å². The van der Waals surface area contributed by atoms with E-state index < -0.39 is 0 Å². The predicted octanol–water partition coefficient (Wildman–Crippen LogP) is 4.02. The molecule has 1 aliphatic heterocycles. The lowest BCUT2D eigenvalue weighted by molar-refractivity contribution is -0.132. The van der Waals surface area contributed by atoms with Crippen LogP contribution in [0.15, 0.2) is 53.0 Å². The maximum Gasteiger partial charge on any atom is 0.255 e. The summed E-state index contributed by atoms with van der Waals surface area (Å²) in [5.41, 5.74) is 1.76. The Labute approximate surface area is 166 Å². The maximum absolute atomic E-state index is 12.6. The van der Waals surface area contributed by atoms with E-state index in [1.54, 1.807) is 0 Å². The highest BCUT2D eigenvalue weighted by atomic mass is 79.9. The van der Waals surface area contributed by atoms with E-state index in [0.29, 0.717) is 49.6 Å². The fraction of sp³-hybridized carbons (Fsp3) is 0.300. The molecular formula is C20H20BrClN2O2. The second-order valence-electron chi connectivity index (χ2n) is 6.28. The van der Waals surface area contributed by atoms with Crippen molar-refractivity contribution >= 4 is 39.3 Å². The van der Waals surface area contributed by atoms with Crippen molar-refractivity contribution in [3.05, 3.63) is 69.2 Å². The smallest absolute Gasteiger partial charge is 0.255 e. The summed E-state index contributed by atoms with van der Waals surface area (Å²) >= 11 is 9.30. The molecule has 0 aromatic heterocycles. The monoisotopic (exact) mass is 434 g/mol. The number of nitrogens with zero attached hydrogens (tertiary/aromatic N) is 2.